The van der Waals surface area contributed by atoms with E-state index in [0.29, 0.717) is 18.4 Å². The average Bonchev–Trinajstić information content (AvgIpc) is 2.88. The molecule has 0 atom stereocenters. The van der Waals surface area contributed by atoms with Gasteiger partial charge in [-0.2, -0.15) is 0 Å². The number of aliphatic carboxylic acids is 1. The van der Waals surface area contributed by atoms with Gasteiger partial charge in [0.05, 0.1) is 5.60 Å². The van der Waals surface area contributed by atoms with Crippen molar-refractivity contribution < 1.29 is 19.8 Å². The molecule has 2 aromatic carbocycles. The van der Waals surface area contributed by atoms with Gasteiger partial charge in [0.15, 0.2) is 0 Å². The molecule has 2 rings (SSSR count). The molecular formula is C32H45NO4. The molecule has 0 bridgehead atoms. The zero-order valence-corrected chi connectivity index (χ0v) is 24.1. The van der Waals surface area contributed by atoms with Crippen LogP contribution in [-0.4, -0.2) is 45.2 Å². The highest BCUT2D eigenvalue weighted by Crippen LogP contribution is 2.40. The van der Waals surface area contributed by atoms with Gasteiger partial charge >= 0.3 is 5.97 Å². The number of hydrogen-bond acceptors (Lipinski definition) is 3. The number of likely N-dealkylation sites (N-methyl/N-ethyl adjacent to an activating group) is 1. The lowest BCUT2D eigenvalue weighted by molar-refractivity contribution is -0.147. The molecule has 0 saturated heterocycles. The summed E-state index contributed by atoms with van der Waals surface area (Å²) in [6, 6.07) is 12.5. The fourth-order valence-corrected chi connectivity index (χ4v) is 4.90. The molecule has 2 N–H and O–H groups in total. The van der Waals surface area contributed by atoms with Crippen LogP contribution in [0.4, 0.5) is 0 Å². The Morgan fingerprint density at radius 1 is 0.865 bits per heavy atom. The first-order valence-corrected chi connectivity index (χ1v) is 13.4. The number of benzene rings is 2. The van der Waals surface area contributed by atoms with Gasteiger partial charge in [0.25, 0.3) is 5.91 Å². The third kappa shape index (κ3) is 5.98. The summed E-state index contributed by atoms with van der Waals surface area (Å²) >= 11 is 0. The fourth-order valence-electron chi connectivity index (χ4n) is 4.90. The summed E-state index contributed by atoms with van der Waals surface area (Å²) in [7, 11) is 1.53. The first-order chi connectivity index (χ1) is 17.2. The normalized spacial score (nSPS) is 12.7. The maximum Gasteiger partial charge on any atom is 0.329 e. The maximum absolute atomic E-state index is 13.2. The van der Waals surface area contributed by atoms with Crippen molar-refractivity contribution in [2.45, 2.75) is 97.6 Å². The van der Waals surface area contributed by atoms with E-state index in [1.807, 2.05) is 45.1 Å². The first-order valence-electron chi connectivity index (χ1n) is 13.4. The van der Waals surface area contributed by atoms with Crippen LogP contribution >= 0.6 is 0 Å². The van der Waals surface area contributed by atoms with Crippen LogP contribution in [0.3, 0.4) is 0 Å². The van der Waals surface area contributed by atoms with Crippen LogP contribution in [-0.2, 0) is 10.2 Å². The molecule has 0 spiro atoms. The monoisotopic (exact) mass is 507 g/mol. The van der Waals surface area contributed by atoms with E-state index in [9.17, 15) is 19.8 Å². The number of amides is 1. The quantitative estimate of drug-likeness (QED) is 0.346. The molecule has 0 aliphatic rings. The molecule has 0 aliphatic carbocycles. The lowest BCUT2D eigenvalue weighted by atomic mass is 9.69. The van der Waals surface area contributed by atoms with Crippen molar-refractivity contribution in [1.82, 2.24) is 4.90 Å². The molecule has 37 heavy (non-hydrogen) atoms. The number of carboxylic acids is 1. The minimum atomic E-state index is -1.31. The molecule has 0 heterocycles. The zero-order valence-electron chi connectivity index (χ0n) is 24.1. The van der Waals surface area contributed by atoms with Gasteiger partial charge in [-0.15, -0.1) is 0 Å². The molecule has 0 saturated carbocycles. The fraction of sp³-hybridized carbons (Fsp3) is 0.500. The first kappa shape index (κ1) is 30.3. The number of carbonyl (C=O) groups is 2. The van der Waals surface area contributed by atoms with Crippen molar-refractivity contribution in [2.24, 2.45) is 0 Å². The Balaban J connectivity index is 2.50. The number of aliphatic hydroxyl groups is 1. The van der Waals surface area contributed by atoms with Crippen molar-refractivity contribution in [2.75, 3.05) is 7.05 Å². The van der Waals surface area contributed by atoms with Gasteiger partial charge in [-0.05, 0) is 87.3 Å². The predicted molar refractivity (Wildman–Crippen MR) is 152 cm³/mol. The molecule has 5 heteroatoms. The van der Waals surface area contributed by atoms with Gasteiger partial charge in [0, 0.05) is 18.0 Å². The average molecular weight is 508 g/mol. The highest BCUT2D eigenvalue weighted by Gasteiger charge is 2.37. The summed E-state index contributed by atoms with van der Waals surface area (Å²) in [4.78, 5) is 26.1. The Morgan fingerprint density at radius 3 is 1.81 bits per heavy atom. The van der Waals surface area contributed by atoms with Crippen LogP contribution in [0.2, 0.25) is 0 Å². The topological polar surface area (TPSA) is 77.8 Å². The minimum absolute atomic E-state index is 0.223. The number of carbonyl (C=O) groups excluding carboxylic acids is 1. The summed E-state index contributed by atoms with van der Waals surface area (Å²) in [5.41, 5.74) is 3.62. The molecule has 1 amide bonds. The van der Waals surface area contributed by atoms with E-state index < -0.39 is 17.1 Å². The number of hydrogen-bond donors (Lipinski definition) is 2. The Bertz CT molecular complexity index is 1150. The third-order valence-corrected chi connectivity index (χ3v) is 8.50. The van der Waals surface area contributed by atoms with Crippen molar-refractivity contribution >= 4 is 18.0 Å². The molecule has 5 nitrogen and oxygen atoms in total. The van der Waals surface area contributed by atoms with Crippen LogP contribution in [0.1, 0.15) is 105 Å². The highest BCUT2D eigenvalue weighted by atomic mass is 16.4. The second kappa shape index (κ2) is 11.6. The summed E-state index contributed by atoms with van der Waals surface area (Å²) in [5, 5.41) is 20.2. The Morgan fingerprint density at radius 2 is 1.38 bits per heavy atom. The van der Waals surface area contributed by atoms with Gasteiger partial charge in [-0.25, -0.2) is 4.79 Å². The lowest BCUT2D eigenvalue weighted by Gasteiger charge is -2.35. The molecule has 0 aromatic heterocycles. The van der Waals surface area contributed by atoms with Gasteiger partial charge in [-0.1, -0.05) is 70.2 Å². The molecule has 202 valence electrons. The third-order valence-electron chi connectivity index (χ3n) is 8.50. The Labute approximate surface area is 223 Å². The zero-order chi connectivity index (χ0) is 28.2. The van der Waals surface area contributed by atoms with E-state index in [1.165, 1.54) is 31.4 Å². The summed E-state index contributed by atoms with van der Waals surface area (Å²) in [5.74, 6) is -1.35. The number of nitrogens with zero attached hydrogens (tertiary/aromatic N) is 1. The molecule has 2 aromatic rings. The van der Waals surface area contributed by atoms with Crippen LogP contribution in [0, 0.1) is 13.8 Å². The van der Waals surface area contributed by atoms with E-state index in [0.717, 1.165) is 35.1 Å². The predicted octanol–water partition coefficient (Wildman–Crippen LogP) is 6.91. The maximum atomic E-state index is 13.2. The SMILES string of the molecule is CCC(O)(/C=C/c1ccc(C(CC)(CC)c2ccc(C(=O)N(C)C(C)(C)C(=O)O)c(C)c2)cc1C)CC. The largest absolute Gasteiger partial charge is 0.480 e. The van der Waals surface area contributed by atoms with Gasteiger partial charge in [0.1, 0.15) is 5.54 Å². The molecule has 0 aliphatic heterocycles. The Hall–Kier alpha value is -2.92. The van der Waals surface area contributed by atoms with E-state index >= 15 is 0 Å². The van der Waals surface area contributed by atoms with Crippen LogP contribution in [0.15, 0.2) is 42.5 Å². The van der Waals surface area contributed by atoms with E-state index in [-0.39, 0.29) is 11.3 Å². The van der Waals surface area contributed by atoms with Crippen molar-refractivity contribution in [3.63, 3.8) is 0 Å². The lowest BCUT2D eigenvalue weighted by Crippen LogP contribution is -2.50. The van der Waals surface area contributed by atoms with Crippen molar-refractivity contribution in [3.05, 3.63) is 75.9 Å². The number of rotatable bonds is 11. The smallest absolute Gasteiger partial charge is 0.329 e. The summed E-state index contributed by atoms with van der Waals surface area (Å²) in [6.45, 7) is 15.4. The van der Waals surface area contributed by atoms with E-state index in [1.54, 1.807) is 0 Å². The van der Waals surface area contributed by atoms with Crippen molar-refractivity contribution in [1.29, 1.82) is 0 Å². The molecule has 0 fully saturated rings. The number of aryl methyl sites for hydroxylation is 2. The van der Waals surface area contributed by atoms with Gasteiger partial charge < -0.3 is 15.1 Å². The second-order valence-corrected chi connectivity index (χ2v) is 10.8. The van der Waals surface area contributed by atoms with Crippen molar-refractivity contribution in [3.8, 4) is 0 Å². The Kier molecular flexibility index (Phi) is 9.53. The highest BCUT2D eigenvalue weighted by molar-refractivity contribution is 5.98. The molecule has 0 unspecified atom stereocenters. The number of carboxylic acid groups (broad SMARTS) is 1. The minimum Gasteiger partial charge on any atom is -0.480 e. The molecular weight excluding hydrogens is 462 g/mol. The molecule has 0 radical (unpaired) electrons. The van der Waals surface area contributed by atoms with Gasteiger partial charge in [-0.3, -0.25) is 4.79 Å². The summed E-state index contributed by atoms with van der Waals surface area (Å²) in [6.07, 6.45) is 7.06. The van der Waals surface area contributed by atoms with E-state index in [4.69, 9.17) is 0 Å². The summed E-state index contributed by atoms with van der Waals surface area (Å²) < 4.78 is 0. The second-order valence-electron chi connectivity index (χ2n) is 10.8. The van der Waals surface area contributed by atoms with Crippen LogP contribution in [0.5, 0.6) is 0 Å². The standard InChI is InChI=1S/C32H45NO4/c1-10-31(37,11-2)19-18-24-14-15-25(20-22(24)5)32(12-3,13-4)26-16-17-27(23(6)21-26)28(34)33(9)30(7,8)29(35)36/h14-21,37H,10-13H2,1-9H3,(H,35,36)/b19-18+. The van der Waals surface area contributed by atoms with Crippen LogP contribution in [0.25, 0.3) is 6.08 Å². The van der Waals surface area contributed by atoms with Crippen LogP contribution < -0.4 is 0 Å². The van der Waals surface area contributed by atoms with Gasteiger partial charge in [0.2, 0.25) is 0 Å². The van der Waals surface area contributed by atoms with E-state index in [2.05, 4.69) is 45.0 Å².